The Labute approximate surface area is 86.5 Å². The third-order valence-corrected chi connectivity index (χ3v) is 2.82. The monoisotopic (exact) mass is 224 g/mol. The molecule has 1 rings (SSSR count). The van der Waals surface area contributed by atoms with Crippen LogP contribution in [0, 0.1) is 5.92 Å². The summed E-state index contributed by atoms with van der Waals surface area (Å²) in [4.78, 5) is 11.4. The van der Waals surface area contributed by atoms with Gasteiger partial charge in [0.2, 0.25) is 0 Å². The van der Waals surface area contributed by atoms with E-state index in [2.05, 4.69) is 0 Å². The molecule has 0 saturated heterocycles. The third kappa shape index (κ3) is 3.81. The minimum Gasteiger partial charge on any atom is -0.384 e. The van der Waals surface area contributed by atoms with Crippen LogP contribution in [0.3, 0.4) is 0 Å². The summed E-state index contributed by atoms with van der Waals surface area (Å²) in [5.74, 6) is -0.736. The van der Waals surface area contributed by atoms with Gasteiger partial charge in [0, 0.05) is 12.3 Å². The Kier molecular flexibility index (Phi) is 4.13. The van der Waals surface area contributed by atoms with Gasteiger partial charge in [-0.3, -0.25) is 4.79 Å². The van der Waals surface area contributed by atoms with Gasteiger partial charge in [0.25, 0.3) is 0 Å². The third-order valence-electron chi connectivity index (χ3n) is 2.82. The first-order valence-electron chi connectivity index (χ1n) is 5.18. The number of carbonyl (C=O) groups is 1. The number of carbonyl (C=O) groups excluding carboxylic acids is 1. The van der Waals surface area contributed by atoms with Gasteiger partial charge in [0.15, 0.2) is 6.10 Å². The van der Waals surface area contributed by atoms with Crippen LogP contribution in [0.2, 0.25) is 0 Å². The van der Waals surface area contributed by atoms with Gasteiger partial charge in [0.05, 0.1) is 0 Å². The summed E-state index contributed by atoms with van der Waals surface area (Å²) >= 11 is 0. The lowest BCUT2D eigenvalue weighted by Gasteiger charge is -2.19. The number of Topliss-reactive ketones (excluding diaryl/α,β-unsaturated/α-hetero) is 1. The highest BCUT2D eigenvalue weighted by Crippen LogP contribution is 2.29. The Morgan fingerprint density at radius 2 is 2.00 bits per heavy atom. The van der Waals surface area contributed by atoms with Crippen molar-refractivity contribution in [2.24, 2.45) is 5.92 Å². The van der Waals surface area contributed by atoms with E-state index in [0.717, 1.165) is 19.3 Å². The molecule has 0 aromatic heterocycles. The van der Waals surface area contributed by atoms with Gasteiger partial charge in [-0.25, -0.2) is 0 Å². The first-order chi connectivity index (χ1) is 6.91. The number of rotatable bonds is 2. The van der Waals surface area contributed by atoms with Crippen molar-refractivity contribution in [3.63, 3.8) is 0 Å². The maximum Gasteiger partial charge on any atom is 0.414 e. The van der Waals surface area contributed by atoms with E-state index in [0.29, 0.717) is 12.8 Å². The molecule has 2 nitrogen and oxygen atoms in total. The van der Waals surface area contributed by atoms with Crippen molar-refractivity contribution >= 4 is 5.78 Å². The summed E-state index contributed by atoms with van der Waals surface area (Å²) in [6, 6.07) is 0. The lowest BCUT2D eigenvalue weighted by Crippen LogP contribution is -2.32. The molecule has 88 valence electrons. The van der Waals surface area contributed by atoms with Crippen molar-refractivity contribution in [2.75, 3.05) is 0 Å². The number of halogens is 3. The number of alkyl halides is 3. The molecule has 1 aliphatic carbocycles. The van der Waals surface area contributed by atoms with Crippen LogP contribution in [-0.4, -0.2) is 23.2 Å². The van der Waals surface area contributed by atoms with Crippen LogP contribution in [0.5, 0.6) is 0 Å². The van der Waals surface area contributed by atoms with Crippen LogP contribution in [0.15, 0.2) is 0 Å². The molecular formula is C10H15F3O2. The maximum absolute atomic E-state index is 12.1. The summed E-state index contributed by atoms with van der Waals surface area (Å²) in [5.41, 5.74) is 0. The summed E-state index contributed by atoms with van der Waals surface area (Å²) < 4.78 is 36.2. The first kappa shape index (κ1) is 12.5. The van der Waals surface area contributed by atoms with E-state index < -0.39 is 24.6 Å². The largest absolute Gasteiger partial charge is 0.414 e. The molecule has 1 saturated carbocycles. The fourth-order valence-electron chi connectivity index (χ4n) is 1.88. The van der Waals surface area contributed by atoms with Gasteiger partial charge >= 0.3 is 6.18 Å². The molecule has 0 spiro atoms. The van der Waals surface area contributed by atoms with Crippen LogP contribution >= 0.6 is 0 Å². The minimum atomic E-state index is -4.60. The van der Waals surface area contributed by atoms with Crippen LogP contribution in [0.1, 0.15) is 38.5 Å². The Hall–Kier alpha value is -0.580. The highest BCUT2D eigenvalue weighted by molar-refractivity contribution is 5.81. The molecule has 5 heteroatoms. The number of hydrogen-bond donors (Lipinski definition) is 1. The zero-order valence-corrected chi connectivity index (χ0v) is 8.39. The molecule has 15 heavy (non-hydrogen) atoms. The molecule has 2 unspecified atom stereocenters. The Morgan fingerprint density at radius 1 is 1.33 bits per heavy atom. The van der Waals surface area contributed by atoms with Crippen LogP contribution in [0.4, 0.5) is 13.2 Å². The highest BCUT2D eigenvalue weighted by Gasteiger charge is 2.40. The number of hydrogen-bond acceptors (Lipinski definition) is 2. The molecule has 1 aliphatic rings. The van der Waals surface area contributed by atoms with E-state index in [9.17, 15) is 18.0 Å². The molecular weight excluding hydrogens is 209 g/mol. The van der Waals surface area contributed by atoms with E-state index in [-0.39, 0.29) is 5.78 Å². The van der Waals surface area contributed by atoms with Gasteiger partial charge < -0.3 is 5.11 Å². The molecule has 0 aromatic carbocycles. The van der Waals surface area contributed by atoms with E-state index in [4.69, 9.17) is 5.11 Å². The van der Waals surface area contributed by atoms with E-state index in [1.807, 2.05) is 0 Å². The van der Waals surface area contributed by atoms with Crippen molar-refractivity contribution < 1.29 is 23.1 Å². The number of aliphatic hydroxyl groups excluding tert-OH is 1. The second kappa shape index (κ2) is 4.96. The van der Waals surface area contributed by atoms with Gasteiger partial charge in [-0.1, -0.05) is 12.8 Å². The zero-order valence-electron chi connectivity index (χ0n) is 8.39. The van der Waals surface area contributed by atoms with Gasteiger partial charge in [0.1, 0.15) is 5.78 Å². The second-order valence-corrected chi connectivity index (χ2v) is 4.06. The van der Waals surface area contributed by atoms with Gasteiger partial charge in [-0.15, -0.1) is 0 Å². The highest BCUT2D eigenvalue weighted by atomic mass is 19.4. The topological polar surface area (TPSA) is 37.3 Å². The number of ketones is 1. The lowest BCUT2D eigenvalue weighted by atomic mass is 9.92. The quantitative estimate of drug-likeness (QED) is 0.731. The standard InChI is InChI=1S/C10H15F3O2/c11-10(12,13)9(15)6-7-4-2-1-3-5-8(7)14/h7,9,15H,1-6H2. The molecule has 0 aliphatic heterocycles. The fourth-order valence-corrected chi connectivity index (χ4v) is 1.88. The smallest absolute Gasteiger partial charge is 0.384 e. The average molecular weight is 224 g/mol. The summed E-state index contributed by atoms with van der Waals surface area (Å²) in [6.07, 6.45) is -4.16. The van der Waals surface area contributed by atoms with Gasteiger partial charge in [-0.2, -0.15) is 13.2 Å². The average Bonchev–Trinajstić information content (AvgIpc) is 2.30. The minimum absolute atomic E-state index is 0.129. The predicted octanol–water partition coefficient (Wildman–Crippen LogP) is 2.45. The van der Waals surface area contributed by atoms with Crippen molar-refractivity contribution in [1.29, 1.82) is 0 Å². The van der Waals surface area contributed by atoms with E-state index in [1.54, 1.807) is 0 Å². The summed E-state index contributed by atoms with van der Waals surface area (Å²) in [5, 5.41) is 8.87. The van der Waals surface area contributed by atoms with Crippen LogP contribution in [-0.2, 0) is 4.79 Å². The predicted molar refractivity (Wildman–Crippen MR) is 48.3 cm³/mol. The molecule has 0 aromatic rings. The van der Waals surface area contributed by atoms with E-state index >= 15 is 0 Å². The van der Waals surface area contributed by atoms with Crippen molar-refractivity contribution in [3.8, 4) is 0 Å². The number of aliphatic hydroxyl groups is 1. The van der Waals surface area contributed by atoms with Crippen molar-refractivity contribution in [2.45, 2.75) is 50.8 Å². The van der Waals surface area contributed by atoms with Crippen molar-refractivity contribution in [1.82, 2.24) is 0 Å². The molecule has 0 heterocycles. The second-order valence-electron chi connectivity index (χ2n) is 4.06. The normalized spacial score (nSPS) is 26.1. The molecule has 2 atom stereocenters. The first-order valence-corrected chi connectivity index (χ1v) is 5.18. The van der Waals surface area contributed by atoms with Crippen molar-refractivity contribution in [3.05, 3.63) is 0 Å². The van der Waals surface area contributed by atoms with Gasteiger partial charge in [-0.05, 0) is 19.3 Å². The van der Waals surface area contributed by atoms with Crippen LogP contribution < -0.4 is 0 Å². The Bertz CT molecular complexity index is 225. The molecule has 0 radical (unpaired) electrons. The van der Waals surface area contributed by atoms with Crippen LogP contribution in [0.25, 0.3) is 0 Å². The van der Waals surface area contributed by atoms with E-state index in [1.165, 1.54) is 0 Å². The summed E-state index contributed by atoms with van der Waals surface area (Å²) in [6.45, 7) is 0. The maximum atomic E-state index is 12.1. The SMILES string of the molecule is O=C1CCCCCC1CC(O)C(F)(F)F. The molecule has 0 bridgehead atoms. The molecule has 1 fully saturated rings. The lowest BCUT2D eigenvalue weighted by molar-refractivity contribution is -0.208. The fraction of sp³-hybridized carbons (Fsp3) is 0.900. The molecule has 0 amide bonds. The zero-order chi connectivity index (χ0) is 11.5. The molecule has 1 N–H and O–H groups in total. The Morgan fingerprint density at radius 3 is 2.60 bits per heavy atom. The summed E-state index contributed by atoms with van der Waals surface area (Å²) in [7, 11) is 0. The Balaban J connectivity index is 2.51.